The van der Waals surface area contributed by atoms with Gasteiger partial charge in [-0.3, -0.25) is 0 Å². The van der Waals surface area contributed by atoms with Crippen LogP contribution in [0.1, 0.15) is 31.2 Å². The van der Waals surface area contributed by atoms with E-state index < -0.39 is 0 Å². The minimum absolute atomic E-state index is 0.768. The molecule has 2 heteroatoms. The van der Waals surface area contributed by atoms with Crippen LogP contribution >= 0.6 is 0 Å². The van der Waals surface area contributed by atoms with Gasteiger partial charge in [-0.05, 0) is 68.2 Å². The lowest BCUT2D eigenvalue weighted by Crippen LogP contribution is -2.29. The van der Waals surface area contributed by atoms with Crippen LogP contribution in [0.2, 0.25) is 0 Å². The van der Waals surface area contributed by atoms with Crippen LogP contribution in [-0.4, -0.2) is 19.7 Å². The first-order valence-corrected chi connectivity index (χ1v) is 7.71. The van der Waals surface area contributed by atoms with Gasteiger partial charge in [0.05, 0.1) is 0 Å². The van der Waals surface area contributed by atoms with Crippen LogP contribution in [0.4, 0.5) is 0 Å². The Kier molecular flexibility index (Phi) is 4.07. The summed E-state index contributed by atoms with van der Waals surface area (Å²) in [5, 5.41) is 3.57. The van der Waals surface area contributed by atoms with E-state index in [9.17, 15) is 0 Å². The zero-order valence-electron chi connectivity index (χ0n) is 11.9. The molecule has 0 spiro atoms. The molecule has 2 aliphatic carbocycles. The third kappa shape index (κ3) is 3.30. The van der Waals surface area contributed by atoms with E-state index in [1.54, 1.807) is 0 Å². The molecule has 104 valence electrons. The van der Waals surface area contributed by atoms with E-state index in [-0.39, 0.29) is 0 Å². The zero-order chi connectivity index (χ0) is 13.1. The number of ether oxygens (including phenoxy) is 1. The quantitative estimate of drug-likeness (QED) is 0.791. The van der Waals surface area contributed by atoms with Gasteiger partial charge in [-0.2, -0.15) is 0 Å². The molecule has 3 atom stereocenters. The predicted octanol–water partition coefficient (Wildman–Crippen LogP) is 3.40. The number of hydrogen-bond acceptors (Lipinski definition) is 2. The molecule has 3 unspecified atom stereocenters. The molecule has 0 aliphatic heterocycles. The average Bonchev–Trinajstić information content (AvgIpc) is 3.01. The topological polar surface area (TPSA) is 21.3 Å². The van der Waals surface area contributed by atoms with E-state index in [1.165, 1.54) is 37.8 Å². The molecule has 1 aromatic rings. The van der Waals surface area contributed by atoms with Crippen LogP contribution in [0.5, 0.6) is 5.75 Å². The number of fused-ring (bicyclic) bond motifs is 2. The van der Waals surface area contributed by atoms with E-state index in [0.717, 1.165) is 36.7 Å². The summed E-state index contributed by atoms with van der Waals surface area (Å²) in [5.74, 6) is 4.01. The summed E-state index contributed by atoms with van der Waals surface area (Å²) in [6, 6.07) is 8.27. The number of benzene rings is 1. The monoisotopic (exact) mass is 259 g/mol. The first kappa shape index (κ1) is 13.0. The fourth-order valence-corrected chi connectivity index (χ4v) is 3.86. The van der Waals surface area contributed by atoms with Gasteiger partial charge < -0.3 is 10.1 Å². The fraction of sp³-hybridized carbons (Fsp3) is 0.647. The maximum atomic E-state index is 5.75. The van der Waals surface area contributed by atoms with Crippen molar-refractivity contribution in [2.45, 2.75) is 32.6 Å². The highest BCUT2D eigenvalue weighted by atomic mass is 16.5. The summed E-state index contributed by atoms with van der Waals surface area (Å²) in [6.07, 6.45) is 5.96. The van der Waals surface area contributed by atoms with Crippen LogP contribution in [-0.2, 0) is 0 Å². The molecule has 19 heavy (non-hydrogen) atoms. The van der Waals surface area contributed by atoms with Crippen molar-refractivity contribution in [1.82, 2.24) is 5.32 Å². The molecular weight excluding hydrogens is 234 g/mol. The Morgan fingerprint density at radius 3 is 2.95 bits per heavy atom. The van der Waals surface area contributed by atoms with Crippen LogP contribution < -0.4 is 10.1 Å². The molecule has 0 heterocycles. The van der Waals surface area contributed by atoms with Crippen LogP contribution in [0.25, 0.3) is 0 Å². The summed E-state index contributed by atoms with van der Waals surface area (Å²) in [7, 11) is 0. The molecule has 3 rings (SSSR count). The van der Waals surface area contributed by atoms with Gasteiger partial charge in [-0.15, -0.1) is 0 Å². The number of aryl methyl sites for hydroxylation is 1. The van der Waals surface area contributed by atoms with Gasteiger partial charge in [-0.1, -0.05) is 18.6 Å². The Labute approximate surface area is 116 Å². The summed E-state index contributed by atoms with van der Waals surface area (Å²) >= 11 is 0. The van der Waals surface area contributed by atoms with Crippen molar-refractivity contribution >= 4 is 0 Å². The highest BCUT2D eigenvalue weighted by Gasteiger charge is 2.38. The molecule has 1 aromatic carbocycles. The lowest BCUT2D eigenvalue weighted by atomic mass is 9.89. The third-order valence-corrected chi connectivity index (χ3v) is 4.83. The largest absolute Gasteiger partial charge is 0.492 e. The van der Waals surface area contributed by atoms with Gasteiger partial charge in [-0.25, -0.2) is 0 Å². The Morgan fingerprint density at radius 2 is 2.21 bits per heavy atom. The summed E-state index contributed by atoms with van der Waals surface area (Å²) in [6.45, 7) is 5.02. The lowest BCUT2D eigenvalue weighted by Gasteiger charge is -2.21. The summed E-state index contributed by atoms with van der Waals surface area (Å²) in [5.41, 5.74) is 1.26. The second-order valence-corrected chi connectivity index (χ2v) is 6.30. The van der Waals surface area contributed by atoms with Crippen molar-refractivity contribution in [2.24, 2.45) is 17.8 Å². The van der Waals surface area contributed by atoms with E-state index in [4.69, 9.17) is 4.74 Å². The Bertz CT molecular complexity index is 417. The van der Waals surface area contributed by atoms with Crippen molar-refractivity contribution in [2.75, 3.05) is 19.7 Å². The predicted molar refractivity (Wildman–Crippen MR) is 78.5 cm³/mol. The molecule has 0 aromatic heterocycles. The number of rotatable bonds is 6. The van der Waals surface area contributed by atoms with Gasteiger partial charge in [0.2, 0.25) is 0 Å². The minimum Gasteiger partial charge on any atom is -0.492 e. The molecule has 2 fully saturated rings. The Balaban J connectivity index is 1.31. The molecule has 2 bridgehead atoms. The smallest absolute Gasteiger partial charge is 0.119 e. The van der Waals surface area contributed by atoms with Gasteiger partial charge in [0, 0.05) is 6.54 Å². The highest BCUT2D eigenvalue weighted by molar-refractivity contribution is 5.27. The van der Waals surface area contributed by atoms with Gasteiger partial charge in [0.25, 0.3) is 0 Å². The summed E-state index contributed by atoms with van der Waals surface area (Å²) < 4.78 is 5.75. The van der Waals surface area contributed by atoms with Crippen LogP contribution in [0.15, 0.2) is 24.3 Å². The second-order valence-electron chi connectivity index (χ2n) is 6.30. The average molecular weight is 259 g/mol. The van der Waals surface area contributed by atoms with E-state index in [1.807, 2.05) is 12.1 Å². The maximum absolute atomic E-state index is 5.75. The van der Waals surface area contributed by atoms with E-state index in [2.05, 4.69) is 24.4 Å². The number of hydrogen-bond donors (Lipinski definition) is 1. The number of nitrogens with one attached hydrogen (secondary N) is 1. The van der Waals surface area contributed by atoms with E-state index >= 15 is 0 Å². The van der Waals surface area contributed by atoms with Crippen molar-refractivity contribution in [3.05, 3.63) is 29.8 Å². The van der Waals surface area contributed by atoms with Gasteiger partial charge in [0.15, 0.2) is 0 Å². The molecule has 0 amide bonds. The highest BCUT2D eigenvalue weighted by Crippen LogP contribution is 2.47. The first-order valence-electron chi connectivity index (χ1n) is 7.71. The summed E-state index contributed by atoms with van der Waals surface area (Å²) in [4.78, 5) is 0. The fourth-order valence-electron chi connectivity index (χ4n) is 3.86. The molecule has 0 saturated heterocycles. The van der Waals surface area contributed by atoms with Crippen LogP contribution in [0.3, 0.4) is 0 Å². The zero-order valence-corrected chi connectivity index (χ0v) is 11.9. The minimum atomic E-state index is 0.768. The first-order chi connectivity index (χ1) is 9.31. The molecule has 2 nitrogen and oxygen atoms in total. The molecular formula is C17H25NO. The standard InChI is InChI=1S/C17H25NO/c1-13-3-2-4-17(9-13)19-8-7-18-12-16-11-14-5-6-15(16)10-14/h2-4,9,14-16,18H,5-8,10-12H2,1H3. The third-order valence-electron chi connectivity index (χ3n) is 4.83. The second kappa shape index (κ2) is 5.96. The molecule has 1 N–H and O–H groups in total. The van der Waals surface area contributed by atoms with Gasteiger partial charge in [0.1, 0.15) is 12.4 Å². The van der Waals surface area contributed by atoms with Crippen LogP contribution in [0, 0.1) is 24.7 Å². The molecule has 0 radical (unpaired) electrons. The van der Waals surface area contributed by atoms with E-state index in [0.29, 0.717) is 0 Å². The van der Waals surface area contributed by atoms with Crippen molar-refractivity contribution in [1.29, 1.82) is 0 Å². The SMILES string of the molecule is Cc1cccc(OCCNCC2CC3CCC2C3)c1. The molecule has 2 saturated carbocycles. The normalized spacial score (nSPS) is 28.8. The van der Waals surface area contributed by atoms with Crippen molar-refractivity contribution in [3.8, 4) is 5.75 Å². The molecule has 2 aliphatic rings. The maximum Gasteiger partial charge on any atom is 0.119 e. The Hall–Kier alpha value is -1.02. The lowest BCUT2D eigenvalue weighted by molar-refractivity contribution is 0.286. The van der Waals surface area contributed by atoms with Gasteiger partial charge >= 0.3 is 0 Å². The Morgan fingerprint density at radius 1 is 1.26 bits per heavy atom. The van der Waals surface area contributed by atoms with Crippen molar-refractivity contribution in [3.63, 3.8) is 0 Å². The van der Waals surface area contributed by atoms with Crippen molar-refractivity contribution < 1.29 is 4.74 Å².